The zero-order valence-corrected chi connectivity index (χ0v) is 11.9. The number of nitrogens with one attached hydrogen (secondary N) is 1. The Morgan fingerprint density at radius 2 is 2.11 bits per heavy atom. The Kier molecular flexibility index (Phi) is 3.60. The summed E-state index contributed by atoms with van der Waals surface area (Å²) in [5.41, 5.74) is 2.33. The third-order valence-electron chi connectivity index (χ3n) is 3.33. The van der Waals surface area contributed by atoms with Gasteiger partial charge < -0.3 is 9.72 Å². The highest BCUT2D eigenvalue weighted by Gasteiger charge is 2.34. The Bertz CT molecular complexity index is 599. The Labute approximate surface area is 113 Å². The van der Waals surface area contributed by atoms with Crippen LogP contribution in [0.5, 0.6) is 0 Å². The van der Waals surface area contributed by atoms with Gasteiger partial charge in [0.25, 0.3) is 0 Å². The summed E-state index contributed by atoms with van der Waals surface area (Å²) in [6.07, 6.45) is 0.978. The molecule has 0 saturated heterocycles. The molecule has 1 heterocycles. The minimum absolute atomic E-state index is 0.259. The van der Waals surface area contributed by atoms with Crippen molar-refractivity contribution in [2.45, 2.75) is 39.5 Å². The number of nitrogens with zero attached hydrogens (tertiary/aromatic N) is 1. The fourth-order valence-electron chi connectivity index (χ4n) is 1.98. The normalized spacial score (nSPS) is 11.8. The highest BCUT2D eigenvalue weighted by molar-refractivity contribution is 5.83. The lowest BCUT2D eigenvalue weighted by Gasteiger charge is -2.19. The number of hydrogen-bond donors (Lipinski definition) is 1. The molecule has 0 bridgehead atoms. The van der Waals surface area contributed by atoms with E-state index < -0.39 is 5.41 Å². The van der Waals surface area contributed by atoms with Crippen LogP contribution in [0, 0.1) is 0 Å². The Morgan fingerprint density at radius 3 is 2.74 bits per heavy atom. The number of carbonyl (C=O) groups is 1. The van der Waals surface area contributed by atoms with Gasteiger partial charge in [-0.05, 0) is 44.9 Å². The molecular formula is C15H20N2O2. The van der Waals surface area contributed by atoms with Gasteiger partial charge in [-0.2, -0.15) is 0 Å². The molecule has 0 amide bonds. The van der Waals surface area contributed by atoms with E-state index in [9.17, 15) is 4.79 Å². The number of hydrogen-bond acceptors (Lipinski definition) is 3. The van der Waals surface area contributed by atoms with Crippen LogP contribution < -0.4 is 0 Å². The lowest BCUT2D eigenvalue weighted by atomic mass is 9.93. The maximum atomic E-state index is 12.0. The molecule has 0 fully saturated rings. The van der Waals surface area contributed by atoms with Gasteiger partial charge in [-0.15, -0.1) is 0 Å². The first kappa shape index (κ1) is 13.6. The first-order valence-electron chi connectivity index (χ1n) is 6.65. The predicted octanol–water partition coefficient (Wildman–Crippen LogP) is 2.97. The maximum absolute atomic E-state index is 12.0. The van der Waals surface area contributed by atoms with Crippen LogP contribution >= 0.6 is 0 Å². The Balaban J connectivity index is 2.42. The number of rotatable bonds is 4. The van der Waals surface area contributed by atoms with Gasteiger partial charge in [0.2, 0.25) is 0 Å². The zero-order chi connectivity index (χ0) is 14.0. The van der Waals surface area contributed by atoms with Crippen molar-refractivity contribution in [2.24, 2.45) is 0 Å². The molecule has 0 saturated carbocycles. The number of esters is 1. The number of ether oxygens (including phenoxy) is 1. The molecule has 0 aliphatic heterocycles. The van der Waals surface area contributed by atoms with Crippen molar-refractivity contribution in [1.29, 1.82) is 0 Å². The van der Waals surface area contributed by atoms with Gasteiger partial charge in [-0.1, -0.05) is 13.0 Å². The number of aromatic nitrogens is 2. The molecule has 1 N–H and O–H groups in total. The molecule has 0 aliphatic rings. The summed E-state index contributed by atoms with van der Waals surface area (Å²) in [6.45, 7) is 7.94. The molecule has 19 heavy (non-hydrogen) atoms. The Morgan fingerprint density at radius 1 is 1.37 bits per heavy atom. The van der Waals surface area contributed by atoms with Gasteiger partial charge in [0.05, 0.1) is 17.6 Å². The second-order valence-electron chi connectivity index (χ2n) is 5.14. The number of H-pyrrole nitrogens is 1. The number of imidazole rings is 1. The van der Waals surface area contributed by atoms with Gasteiger partial charge in [-0.3, -0.25) is 4.79 Å². The highest BCUT2D eigenvalue weighted by atomic mass is 16.5. The first-order chi connectivity index (χ1) is 8.98. The molecule has 4 heteroatoms. The quantitative estimate of drug-likeness (QED) is 0.860. The third-order valence-corrected chi connectivity index (χ3v) is 3.33. The van der Waals surface area contributed by atoms with Gasteiger partial charge in [0.1, 0.15) is 11.2 Å². The topological polar surface area (TPSA) is 55.0 Å². The van der Waals surface area contributed by atoms with E-state index in [4.69, 9.17) is 4.74 Å². The number of benzene rings is 1. The van der Waals surface area contributed by atoms with E-state index in [0.29, 0.717) is 12.4 Å². The van der Waals surface area contributed by atoms with Crippen LogP contribution in [0.15, 0.2) is 18.2 Å². The average molecular weight is 260 g/mol. The fraction of sp³-hybridized carbons (Fsp3) is 0.467. The minimum Gasteiger partial charge on any atom is -0.465 e. The summed E-state index contributed by atoms with van der Waals surface area (Å²) in [4.78, 5) is 19.7. The van der Waals surface area contributed by atoms with Crippen molar-refractivity contribution >= 4 is 17.0 Å². The van der Waals surface area contributed by atoms with E-state index in [0.717, 1.165) is 17.5 Å². The smallest absolute Gasteiger partial charge is 0.319 e. The van der Waals surface area contributed by atoms with E-state index in [1.807, 2.05) is 19.9 Å². The minimum atomic E-state index is -0.762. The van der Waals surface area contributed by atoms with Crippen LogP contribution in [0.3, 0.4) is 0 Å². The monoisotopic (exact) mass is 260 g/mol. The molecule has 1 aromatic carbocycles. The van der Waals surface area contributed by atoms with Gasteiger partial charge >= 0.3 is 5.97 Å². The first-order valence-corrected chi connectivity index (χ1v) is 6.65. The number of carbonyl (C=O) groups excluding carboxylic acids is 1. The largest absolute Gasteiger partial charge is 0.465 e. The molecular weight excluding hydrogens is 240 g/mol. The maximum Gasteiger partial charge on any atom is 0.319 e. The molecule has 4 nitrogen and oxygen atoms in total. The van der Waals surface area contributed by atoms with E-state index >= 15 is 0 Å². The van der Waals surface area contributed by atoms with Crippen LogP contribution in [-0.4, -0.2) is 22.5 Å². The van der Waals surface area contributed by atoms with E-state index in [-0.39, 0.29) is 5.97 Å². The summed E-state index contributed by atoms with van der Waals surface area (Å²) in [5, 5.41) is 0. The van der Waals surface area contributed by atoms with Crippen LogP contribution in [0.25, 0.3) is 11.0 Å². The summed E-state index contributed by atoms with van der Waals surface area (Å²) in [6, 6.07) is 6.12. The van der Waals surface area contributed by atoms with Gasteiger partial charge in [0.15, 0.2) is 0 Å². The highest BCUT2D eigenvalue weighted by Crippen LogP contribution is 2.25. The van der Waals surface area contributed by atoms with Crippen molar-refractivity contribution in [3.05, 3.63) is 29.6 Å². The van der Waals surface area contributed by atoms with Crippen molar-refractivity contribution in [2.75, 3.05) is 6.61 Å². The summed E-state index contributed by atoms with van der Waals surface area (Å²) in [7, 11) is 0. The standard InChI is InChI=1S/C15H20N2O2/c1-5-10-7-8-11-12(9-10)17-13(16-11)15(3,4)14(18)19-6-2/h7-9H,5-6H2,1-4H3,(H,16,17). The fourth-order valence-corrected chi connectivity index (χ4v) is 1.98. The molecule has 102 valence electrons. The number of aryl methyl sites for hydroxylation is 1. The van der Waals surface area contributed by atoms with Crippen molar-refractivity contribution in [3.8, 4) is 0 Å². The SMILES string of the molecule is CCOC(=O)C(C)(C)c1nc2ccc(CC)cc2[nH]1. The van der Waals surface area contributed by atoms with Crippen molar-refractivity contribution < 1.29 is 9.53 Å². The number of fused-ring (bicyclic) bond motifs is 1. The second-order valence-corrected chi connectivity index (χ2v) is 5.14. The zero-order valence-electron chi connectivity index (χ0n) is 11.9. The summed E-state index contributed by atoms with van der Waals surface area (Å²) < 4.78 is 5.10. The lowest BCUT2D eigenvalue weighted by molar-refractivity contribution is -0.149. The van der Waals surface area contributed by atoms with E-state index in [1.165, 1.54) is 5.56 Å². The molecule has 2 rings (SSSR count). The average Bonchev–Trinajstić information content (AvgIpc) is 2.82. The number of aromatic amines is 1. The van der Waals surface area contributed by atoms with E-state index in [2.05, 4.69) is 29.0 Å². The molecule has 1 aromatic heterocycles. The van der Waals surface area contributed by atoms with Crippen molar-refractivity contribution in [3.63, 3.8) is 0 Å². The molecule has 0 unspecified atom stereocenters. The van der Waals surface area contributed by atoms with E-state index in [1.54, 1.807) is 6.92 Å². The summed E-state index contributed by atoms with van der Waals surface area (Å²) in [5.74, 6) is 0.388. The molecule has 0 radical (unpaired) electrons. The van der Waals surface area contributed by atoms with Crippen LogP contribution in [0.1, 0.15) is 39.1 Å². The molecule has 0 spiro atoms. The predicted molar refractivity (Wildman–Crippen MR) is 75.1 cm³/mol. The molecule has 0 aliphatic carbocycles. The van der Waals surface area contributed by atoms with Crippen molar-refractivity contribution in [1.82, 2.24) is 9.97 Å². The van der Waals surface area contributed by atoms with Crippen LogP contribution in [0.4, 0.5) is 0 Å². The van der Waals surface area contributed by atoms with Gasteiger partial charge in [-0.25, -0.2) is 4.98 Å². The van der Waals surface area contributed by atoms with Crippen LogP contribution in [-0.2, 0) is 21.4 Å². The van der Waals surface area contributed by atoms with Crippen LogP contribution in [0.2, 0.25) is 0 Å². The Hall–Kier alpha value is -1.84. The molecule has 2 aromatic rings. The summed E-state index contributed by atoms with van der Waals surface area (Å²) >= 11 is 0. The van der Waals surface area contributed by atoms with Gasteiger partial charge in [0, 0.05) is 0 Å². The third kappa shape index (κ3) is 2.48. The molecule has 0 atom stereocenters. The second kappa shape index (κ2) is 5.03. The lowest BCUT2D eigenvalue weighted by Crippen LogP contribution is -2.32.